The van der Waals surface area contributed by atoms with Crippen LogP contribution in [0.25, 0.3) is 0 Å². The minimum Gasteiger partial charge on any atom is -0.463 e. The molecule has 1 aliphatic heterocycles. The third-order valence-electron chi connectivity index (χ3n) is 6.25. The maximum Gasteiger partial charge on any atom is 0.309 e. The summed E-state index contributed by atoms with van der Waals surface area (Å²) in [6.45, 7) is 1.58. The van der Waals surface area contributed by atoms with Crippen molar-refractivity contribution in [2.45, 2.75) is 51.1 Å². The number of aliphatic hydroxyl groups is 1. The van der Waals surface area contributed by atoms with Crippen LogP contribution in [0, 0.1) is 11.8 Å². The topological polar surface area (TPSA) is 105 Å². The smallest absolute Gasteiger partial charge is 0.309 e. The normalized spacial score (nSPS) is 21.9. The number of hydrogen-bond acceptors (Lipinski definition) is 5. The highest BCUT2D eigenvalue weighted by Gasteiger charge is 2.27. The Balaban J connectivity index is 1.79. The maximum atomic E-state index is 13.2. The van der Waals surface area contributed by atoms with Crippen molar-refractivity contribution < 1.29 is 24.2 Å². The number of benzene rings is 2. The molecule has 2 amide bonds. The predicted molar refractivity (Wildman–Crippen MR) is 138 cm³/mol. The molecule has 0 spiro atoms. The minimum absolute atomic E-state index is 0.00576. The van der Waals surface area contributed by atoms with Crippen LogP contribution >= 0.6 is 0 Å². The van der Waals surface area contributed by atoms with E-state index in [4.69, 9.17) is 4.74 Å². The molecule has 0 aromatic heterocycles. The second-order valence-corrected chi connectivity index (χ2v) is 9.41. The quantitative estimate of drug-likeness (QED) is 0.388. The molecule has 36 heavy (non-hydrogen) atoms. The van der Waals surface area contributed by atoms with E-state index < -0.39 is 12.0 Å². The zero-order valence-corrected chi connectivity index (χ0v) is 20.8. The molecule has 0 unspecified atom stereocenters. The van der Waals surface area contributed by atoms with Crippen LogP contribution in [0.15, 0.2) is 72.8 Å². The lowest BCUT2D eigenvalue weighted by Crippen LogP contribution is -2.45. The van der Waals surface area contributed by atoms with Crippen molar-refractivity contribution in [2.75, 3.05) is 13.2 Å². The molecule has 7 nitrogen and oxygen atoms in total. The van der Waals surface area contributed by atoms with Crippen LogP contribution in [0.1, 0.15) is 37.3 Å². The molecule has 0 fully saturated rings. The van der Waals surface area contributed by atoms with E-state index in [9.17, 15) is 19.5 Å². The fourth-order valence-corrected chi connectivity index (χ4v) is 4.24. The maximum absolute atomic E-state index is 13.2. The van der Waals surface area contributed by atoms with Crippen molar-refractivity contribution in [3.63, 3.8) is 0 Å². The van der Waals surface area contributed by atoms with Crippen molar-refractivity contribution in [1.29, 1.82) is 0 Å². The molecule has 0 saturated carbocycles. The number of rotatable bonds is 8. The van der Waals surface area contributed by atoms with Gasteiger partial charge in [-0.3, -0.25) is 14.4 Å². The van der Waals surface area contributed by atoms with Gasteiger partial charge in [-0.25, -0.2) is 0 Å². The molecule has 4 atom stereocenters. The third-order valence-corrected chi connectivity index (χ3v) is 6.25. The standard InChI is InChI=1S/C29H36N2O5/c1-21(19-32)30-27(33)18-24-14-8-9-15-25(16-22-10-4-2-5-11-22)29(35)36-20-26(31-28(24)34)17-23-12-6-3-7-13-23/h2-13,21,24-26,32H,14-20H2,1H3,(H,30,33)(H,31,34)/t21-,24+,25+,26+/m0/s1. The Bertz CT molecular complexity index is 1010. The Labute approximate surface area is 212 Å². The predicted octanol–water partition coefficient (Wildman–Crippen LogP) is 2.97. The number of hydrogen-bond donors (Lipinski definition) is 3. The van der Waals surface area contributed by atoms with Gasteiger partial charge in [-0.05, 0) is 43.7 Å². The number of esters is 1. The molecular weight excluding hydrogens is 456 g/mol. The van der Waals surface area contributed by atoms with Crippen molar-refractivity contribution in [3.05, 3.63) is 83.9 Å². The van der Waals surface area contributed by atoms with Gasteiger partial charge in [-0.2, -0.15) is 0 Å². The Morgan fingerprint density at radius 3 is 2.17 bits per heavy atom. The van der Waals surface area contributed by atoms with E-state index in [0.717, 1.165) is 11.1 Å². The first-order valence-electron chi connectivity index (χ1n) is 12.5. The highest BCUT2D eigenvalue weighted by molar-refractivity contribution is 5.86. The summed E-state index contributed by atoms with van der Waals surface area (Å²) in [5, 5.41) is 15.0. The van der Waals surface area contributed by atoms with Crippen LogP contribution < -0.4 is 10.6 Å². The largest absolute Gasteiger partial charge is 0.463 e. The first-order chi connectivity index (χ1) is 17.4. The van der Waals surface area contributed by atoms with Gasteiger partial charge in [0, 0.05) is 12.5 Å². The summed E-state index contributed by atoms with van der Waals surface area (Å²) in [4.78, 5) is 38.7. The van der Waals surface area contributed by atoms with Gasteiger partial charge in [0.2, 0.25) is 11.8 Å². The number of aliphatic hydroxyl groups excluding tert-OH is 1. The second-order valence-electron chi connectivity index (χ2n) is 9.41. The Kier molecular flexibility index (Phi) is 10.7. The number of amides is 2. The van der Waals surface area contributed by atoms with E-state index in [1.54, 1.807) is 6.92 Å². The SMILES string of the molecule is C[C@@H](CO)NC(=O)C[C@H]1CC=CC[C@H](Cc2ccccc2)C(=O)OC[C@@H](Cc2ccccc2)NC1=O. The highest BCUT2D eigenvalue weighted by Crippen LogP contribution is 2.19. The molecule has 3 rings (SSSR count). The van der Waals surface area contributed by atoms with Crippen LogP contribution in [0.3, 0.4) is 0 Å². The molecule has 1 heterocycles. The molecule has 0 aliphatic carbocycles. The zero-order valence-electron chi connectivity index (χ0n) is 20.8. The van der Waals surface area contributed by atoms with Crippen LogP contribution in [0.2, 0.25) is 0 Å². The van der Waals surface area contributed by atoms with Gasteiger partial charge < -0.3 is 20.5 Å². The molecule has 0 saturated heterocycles. The summed E-state index contributed by atoms with van der Waals surface area (Å²) in [7, 11) is 0. The fraction of sp³-hybridized carbons (Fsp3) is 0.414. The molecule has 192 valence electrons. The monoisotopic (exact) mass is 492 g/mol. The molecule has 2 aromatic rings. The second kappa shape index (κ2) is 14.2. The average molecular weight is 493 g/mol. The number of carbonyl (C=O) groups is 3. The summed E-state index contributed by atoms with van der Waals surface area (Å²) in [5.74, 6) is -1.75. The van der Waals surface area contributed by atoms with Crippen LogP contribution in [-0.2, 0) is 32.0 Å². The zero-order chi connectivity index (χ0) is 25.8. The van der Waals surface area contributed by atoms with Crippen LogP contribution in [0.4, 0.5) is 0 Å². The van der Waals surface area contributed by atoms with Gasteiger partial charge in [0.25, 0.3) is 0 Å². The lowest BCUT2D eigenvalue weighted by Gasteiger charge is -2.24. The number of allylic oxidation sites excluding steroid dienone is 2. The molecule has 3 N–H and O–H groups in total. The molecular formula is C29H36N2O5. The molecule has 1 aliphatic rings. The molecule has 2 aromatic carbocycles. The van der Waals surface area contributed by atoms with Gasteiger partial charge >= 0.3 is 5.97 Å². The van der Waals surface area contributed by atoms with Gasteiger partial charge in [0.05, 0.1) is 24.5 Å². The minimum atomic E-state index is -0.576. The first-order valence-corrected chi connectivity index (χ1v) is 12.5. The van der Waals surface area contributed by atoms with Gasteiger partial charge in [-0.15, -0.1) is 0 Å². The van der Waals surface area contributed by atoms with E-state index >= 15 is 0 Å². The number of ether oxygens (including phenoxy) is 1. The third kappa shape index (κ3) is 8.96. The van der Waals surface area contributed by atoms with Gasteiger partial charge in [-0.1, -0.05) is 72.8 Å². The molecule has 0 radical (unpaired) electrons. The summed E-state index contributed by atoms with van der Waals surface area (Å²) in [5.41, 5.74) is 2.07. The van der Waals surface area contributed by atoms with Crippen LogP contribution in [-0.4, -0.2) is 48.2 Å². The fourth-order valence-electron chi connectivity index (χ4n) is 4.24. The van der Waals surface area contributed by atoms with Gasteiger partial charge in [0.15, 0.2) is 0 Å². The highest BCUT2D eigenvalue weighted by atomic mass is 16.5. The Morgan fingerprint density at radius 2 is 1.56 bits per heavy atom. The number of carbonyl (C=O) groups excluding carboxylic acids is 3. The molecule has 0 bridgehead atoms. The van der Waals surface area contributed by atoms with Crippen molar-refractivity contribution in [2.24, 2.45) is 11.8 Å². The lowest BCUT2D eigenvalue weighted by atomic mass is 9.94. The van der Waals surface area contributed by atoms with Crippen molar-refractivity contribution >= 4 is 17.8 Å². The van der Waals surface area contributed by atoms with E-state index in [2.05, 4.69) is 10.6 Å². The first kappa shape index (κ1) is 27.1. The van der Waals surface area contributed by atoms with Crippen molar-refractivity contribution in [3.8, 4) is 0 Å². The summed E-state index contributed by atoms with van der Waals surface area (Å²) in [6.07, 6.45) is 5.69. The Morgan fingerprint density at radius 1 is 0.972 bits per heavy atom. The molecule has 7 heteroatoms. The average Bonchev–Trinajstić information content (AvgIpc) is 2.88. The van der Waals surface area contributed by atoms with E-state index in [1.807, 2.05) is 72.8 Å². The summed E-state index contributed by atoms with van der Waals surface area (Å²) < 4.78 is 5.72. The summed E-state index contributed by atoms with van der Waals surface area (Å²) >= 11 is 0. The van der Waals surface area contributed by atoms with E-state index in [-0.39, 0.29) is 49.4 Å². The number of nitrogens with one attached hydrogen (secondary N) is 2. The lowest BCUT2D eigenvalue weighted by molar-refractivity contribution is -0.150. The number of cyclic esters (lactones) is 1. The van der Waals surface area contributed by atoms with E-state index in [0.29, 0.717) is 25.7 Å². The van der Waals surface area contributed by atoms with Gasteiger partial charge in [0.1, 0.15) is 6.61 Å². The van der Waals surface area contributed by atoms with Crippen LogP contribution in [0.5, 0.6) is 0 Å². The Hall–Kier alpha value is -3.45. The van der Waals surface area contributed by atoms with E-state index in [1.165, 1.54) is 0 Å². The summed E-state index contributed by atoms with van der Waals surface area (Å²) in [6, 6.07) is 18.7. The van der Waals surface area contributed by atoms with Crippen molar-refractivity contribution in [1.82, 2.24) is 10.6 Å².